The van der Waals surface area contributed by atoms with Crippen LogP contribution in [-0.2, 0) is 6.61 Å². The number of benzene rings is 2. The zero-order valence-electron chi connectivity index (χ0n) is 13.2. The highest BCUT2D eigenvalue weighted by molar-refractivity contribution is 9.10. The van der Waals surface area contributed by atoms with Crippen LogP contribution in [0.4, 0.5) is 0 Å². The molecule has 0 bridgehead atoms. The summed E-state index contributed by atoms with van der Waals surface area (Å²) in [5, 5.41) is 7.86. The molecule has 0 saturated carbocycles. The largest absolute Gasteiger partial charge is 0.488 e. The summed E-state index contributed by atoms with van der Waals surface area (Å²) in [5.74, 6) is 0.539. The molecule has 0 saturated heterocycles. The van der Waals surface area contributed by atoms with Crippen molar-refractivity contribution in [3.63, 3.8) is 0 Å². The fourth-order valence-electron chi connectivity index (χ4n) is 2.05. The fraction of sp³-hybridized carbons (Fsp3) is 0.0526. The highest BCUT2D eigenvalue weighted by Gasteiger charge is 2.05. The second-order valence-corrected chi connectivity index (χ2v) is 6.81. The van der Waals surface area contributed by atoms with E-state index < -0.39 is 0 Å². The summed E-state index contributed by atoms with van der Waals surface area (Å²) in [6, 6.07) is 16.9. The summed E-state index contributed by atoms with van der Waals surface area (Å²) in [4.78, 5) is 12.0. The predicted molar refractivity (Wildman–Crippen MR) is 104 cm³/mol. The van der Waals surface area contributed by atoms with E-state index in [2.05, 4.69) is 26.5 Å². The number of carbonyl (C=O) groups excluding carboxylic acids is 1. The maximum absolute atomic E-state index is 12.0. The number of nitrogens with zero attached hydrogens (tertiary/aromatic N) is 1. The number of amides is 1. The molecular weight excluding hydrogens is 400 g/mol. The molecule has 0 radical (unpaired) electrons. The number of rotatable bonds is 6. The Labute approximate surface area is 158 Å². The number of hydrogen-bond donors (Lipinski definition) is 1. The lowest BCUT2D eigenvalue weighted by atomic mass is 10.1. The highest BCUT2D eigenvalue weighted by atomic mass is 79.9. The minimum Gasteiger partial charge on any atom is -0.488 e. The molecule has 3 rings (SSSR count). The lowest BCUT2D eigenvalue weighted by Gasteiger charge is -2.08. The second kappa shape index (κ2) is 8.60. The molecule has 1 aromatic heterocycles. The molecule has 25 heavy (non-hydrogen) atoms. The fourth-order valence-corrected chi connectivity index (χ4v) is 3.06. The summed E-state index contributed by atoms with van der Waals surface area (Å²) in [5.41, 5.74) is 5.01. The number of para-hydroxylation sites is 1. The van der Waals surface area contributed by atoms with Crippen LogP contribution in [-0.4, -0.2) is 12.1 Å². The van der Waals surface area contributed by atoms with E-state index in [1.807, 2.05) is 53.2 Å². The van der Waals surface area contributed by atoms with Crippen molar-refractivity contribution in [2.24, 2.45) is 5.10 Å². The zero-order valence-corrected chi connectivity index (χ0v) is 15.6. The average Bonchev–Trinajstić information content (AvgIpc) is 3.15. The SMILES string of the molecule is O=C(N/N=C/c1ccsc1)c1ccc(COc2ccccc2Br)cc1. The van der Waals surface area contributed by atoms with Crippen LogP contribution >= 0.6 is 27.3 Å². The quantitative estimate of drug-likeness (QED) is 0.462. The molecule has 0 unspecified atom stereocenters. The molecule has 126 valence electrons. The predicted octanol–water partition coefficient (Wildman–Crippen LogP) is 4.85. The van der Waals surface area contributed by atoms with Gasteiger partial charge in [0.05, 0.1) is 10.7 Å². The van der Waals surface area contributed by atoms with Gasteiger partial charge in [-0.15, -0.1) is 0 Å². The van der Waals surface area contributed by atoms with Crippen molar-refractivity contribution < 1.29 is 9.53 Å². The van der Waals surface area contributed by atoms with Gasteiger partial charge in [-0.25, -0.2) is 5.43 Å². The molecule has 0 aliphatic heterocycles. The molecule has 1 N–H and O–H groups in total. The Balaban J connectivity index is 1.54. The summed E-state index contributed by atoms with van der Waals surface area (Å²) in [6.07, 6.45) is 1.62. The molecule has 0 atom stereocenters. The molecule has 0 spiro atoms. The third-order valence-corrected chi connectivity index (χ3v) is 4.73. The van der Waals surface area contributed by atoms with E-state index in [-0.39, 0.29) is 5.91 Å². The van der Waals surface area contributed by atoms with Crippen LogP contribution < -0.4 is 10.2 Å². The normalized spacial score (nSPS) is 10.8. The molecule has 3 aromatic rings. The Hall–Kier alpha value is -2.44. The molecule has 2 aromatic carbocycles. The lowest BCUT2D eigenvalue weighted by Crippen LogP contribution is -2.17. The topological polar surface area (TPSA) is 50.7 Å². The Bertz CT molecular complexity index is 861. The van der Waals surface area contributed by atoms with Crippen LogP contribution in [0.2, 0.25) is 0 Å². The average molecular weight is 415 g/mol. The van der Waals surface area contributed by atoms with Crippen LogP contribution in [0.25, 0.3) is 0 Å². The van der Waals surface area contributed by atoms with Gasteiger partial charge in [0.2, 0.25) is 0 Å². The van der Waals surface area contributed by atoms with Crippen LogP contribution in [0.5, 0.6) is 5.75 Å². The Kier molecular flexibility index (Phi) is 5.98. The van der Waals surface area contributed by atoms with Crippen LogP contribution in [0, 0.1) is 0 Å². The van der Waals surface area contributed by atoms with E-state index in [0.717, 1.165) is 21.3 Å². The van der Waals surface area contributed by atoms with Gasteiger partial charge in [0.1, 0.15) is 12.4 Å². The van der Waals surface area contributed by atoms with Crippen molar-refractivity contribution in [3.05, 3.63) is 86.5 Å². The summed E-state index contributed by atoms with van der Waals surface area (Å²) in [6.45, 7) is 0.431. The van der Waals surface area contributed by atoms with Crippen LogP contribution in [0.3, 0.4) is 0 Å². The van der Waals surface area contributed by atoms with Gasteiger partial charge >= 0.3 is 0 Å². The van der Waals surface area contributed by atoms with Crippen LogP contribution in [0.1, 0.15) is 21.5 Å². The lowest BCUT2D eigenvalue weighted by molar-refractivity contribution is 0.0955. The van der Waals surface area contributed by atoms with Crippen molar-refractivity contribution in [1.29, 1.82) is 0 Å². The first-order valence-corrected chi connectivity index (χ1v) is 9.28. The first kappa shape index (κ1) is 17.4. The Morgan fingerprint density at radius 1 is 1.16 bits per heavy atom. The molecule has 6 heteroatoms. The smallest absolute Gasteiger partial charge is 0.271 e. The van der Waals surface area contributed by atoms with E-state index >= 15 is 0 Å². The van der Waals surface area contributed by atoms with Gasteiger partial charge in [-0.05, 0) is 62.6 Å². The van der Waals surface area contributed by atoms with Crippen molar-refractivity contribution in [1.82, 2.24) is 5.43 Å². The Morgan fingerprint density at radius 2 is 1.96 bits per heavy atom. The highest BCUT2D eigenvalue weighted by Crippen LogP contribution is 2.24. The van der Waals surface area contributed by atoms with Crippen molar-refractivity contribution >= 4 is 39.4 Å². The number of ether oxygens (including phenoxy) is 1. The molecular formula is C19H15BrN2O2S. The van der Waals surface area contributed by atoms with E-state index in [9.17, 15) is 4.79 Å². The maximum Gasteiger partial charge on any atom is 0.271 e. The van der Waals surface area contributed by atoms with Gasteiger partial charge in [-0.1, -0.05) is 24.3 Å². The first-order valence-electron chi connectivity index (χ1n) is 7.54. The van der Waals surface area contributed by atoms with E-state index in [0.29, 0.717) is 12.2 Å². The number of hydrogen-bond acceptors (Lipinski definition) is 4. The second-order valence-electron chi connectivity index (χ2n) is 5.17. The van der Waals surface area contributed by atoms with E-state index in [1.54, 1.807) is 29.7 Å². The molecule has 0 fully saturated rings. The standard InChI is InChI=1S/C19H15BrN2O2S/c20-17-3-1-2-4-18(17)24-12-14-5-7-16(8-6-14)19(23)22-21-11-15-9-10-25-13-15/h1-11,13H,12H2,(H,22,23)/b21-11+. The van der Waals surface area contributed by atoms with E-state index in [1.165, 1.54) is 0 Å². The van der Waals surface area contributed by atoms with Gasteiger partial charge in [-0.2, -0.15) is 16.4 Å². The first-order chi connectivity index (χ1) is 12.2. The van der Waals surface area contributed by atoms with E-state index in [4.69, 9.17) is 4.74 Å². The molecule has 1 heterocycles. The van der Waals surface area contributed by atoms with Gasteiger partial charge < -0.3 is 4.74 Å². The maximum atomic E-state index is 12.0. The van der Waals surface area contributed by atoms with Crippen LogP contribution in [0.15, 0.2) is 74.9 Å². The van der Waals surface area contributed by atoms with Crippen molar-refractivity contribution in [3.8, 4) is 5.75 Å². The molecule has 4 nitrogen and oxygen atoms in total. The van der Waals surface area contributed by atoms with Crippen molar-refractivity contribution in [2.75, 3.05) is 0 Å². The summed E-state index contributed by atoms with van der Waals surface area (Å²) in [7, 11) is 0. The molecule has 1 amide bonds. The number of halogens is 1. The minimum atomic E-state index is -0.246. The summed E-state index contributed by atoms with van der Waals surface area (Å²) >= 11 is 5.03. The number of hydrazone groups is 1. The third kappa shape index (κ3) is 5.01. The van der Waals surface area contributed by atoms with Gasteiger partial charge in [-0.3, -0.25) is 4.79 Å². The third-order valence-electron chi connectivity index (χ3n) is 3.37. The van der Waals surface area contributed by atoms with Gasteiger partial charge in [0, 0.05) is 11.1 Å². The monoisotopic (exact) mass is 414 g/mol. The van der Waals surface area contributed by atoms with Crippen molar-refractivity contribution in [2.45, 2.75) is 6.61 Å². The minimum absolute atomic E-state index is 0.246. The van der Waals surface area contributed by atoms with Gasteiger partial charge in [0.15, 0.2) is 0 Å². The Morgan fingerprint density at radius 3 is 2.68 bits per heavy atom. The number of carbonyl (C=O) groups is 1. The zero-order chi connectivity index (χ0) is 17.5. The molecule has 0 aliphatic rings. The molecule has 0 aliphatic carbocycles. The number of thiophene rings is 1. The van der Waals surface area contributed by atoms with Gasteiger partial charge in [0.25, 0.3) is 5.91 Å². The summed E-state index contributed by atoms with van der Waals surface area (Å²) < 4.78 is 6.67. The number of nitrogens with one attached hydrogen (secondary N) is 1.